The molecule has 0 bridgehead atoms. The highest BCUT2D eigenvalue weighted by atomic mass is 35.5. The van der Waals surface area contributed by atoms with Crippen LogP contribution in [0.2, 0.25) is 10.0 Å². The van der Waals surface area contributed by atoms with Gasteiger partial charge in [0.05, 0.1) is 11.6 Å². The van der Waals surface area contributed by atoms with E-state index in [1.165, 1.54) is 0 Å². The molecule has 1 aliphatic rings. The van der Waals surface area contributed by atoms with Crippen LogP contribution in [-0.2, 0) is 4.79 Å². The Balaban J connectivity index is 1.63. The molecule has 0 atom stereocenters. The predicted molar refractivity (Wildman–Crippen MR) is 94.4 cm³/mol. The third-order valence-electron chi connectivity index (χ3n) is 4.22. The predicted octanol–water partition coefficient (Wildman–Crippen LogP) is 3.66. The Hall–Kier alpha value is -0.970. The first kappa shape index (κ1) is 18.4. The van der Waals surface area contributed by atoms with Crippen LogP contribution in [0.25, 0.3) is 0 Å². The van der Waals surface area contributed by atoms with E-state index in [0.29, 0.717) is 35.2 Å². The van der Waals surface area contributed by atoms with Gasteiger partial charge in [0.15, 0.2) is 0 Å². The van der Waals surface area contributed by atoms with Gasteiger partial charge in [-0.3, -0.25) is 4.79 Å². The van der Waals surface area contributed by atoms with Crippen molar-refractivity contribution in [2.24, 2.45) is 5.41 Å². The fourth-order valence-electron chi connectivity index (χ4n) is 2.61. The monoisotopic (exact) mass is 358 g/mol. The number of amides is 1. The van der Waals surface area contributed by atoms with Gasteiger partial charge in [0.2, 0.25) is 5.91 Å². The van der Waals surface area contributed by atoms with Crippen LogP contribution >= 0.6 is 23.2 Å². The second kappa shape index (κ2) is 8.76. The summed E-state index contributed by atoms with van der Waals surface area (Å²) in [6.45, 7) is 5.50. The largest absolute Gasteiger partial charge is 0.492 e. The smallest absolute Gasteiger partial charge is 0.220 e. The molecule has 1 heterocycles. The lowest BCUT2D eigenvalue weighted by atomic mass is 9.81. The summed E-state index contributed by atoms with van der Waals surface area (Å²) in [4.78, 5) is 11.9. The Kier molecular flexibility index (Phi) is 7.00. The molecule has 0 aliphatic carbocycles. The molecule has 0 spiro atoms. The van der Waals surface area contributed by atoms with Crippen LogP contribution in [0.3, 0.4) is 0 Å². The Morgan fingerprint density at radius 2 is 2.09 bits per heavy atom. The molecule has 1 aromatic carbocycles. The fraction of sp³-hybridized carbons (Fsp3) is 0.588. The Morgan fingerprint density at radius 1 is 1.35 bits per heavy atom. The van der Waals surface area contributed by atoms with Gasteiger partial charge in [0.25, 0.3) is 0 Å². The number of halogens is 2. The molecule has 2 rings (SSSR count). The molecule has 1 amide bonds. The molecular weight excluding hydrogens is 335 g/mol. The number of nitrogens with one attached hydrogen (secondary N) is 2. The van der Waals surface area contributed by atoms with Crippen LogP contribution in [0.4, 0.5) is 0 Å². The van der Waals surface area contributed by atoms with Crippen molar-refractivity contribution in [2.45, 2.75) is 32.6 Å². The summed E-state index contributed by atoms with van der Waals surface area (Å²) in [5.41, 5.74) is 0.217. The van der Waals surface area contributed by atoms with Gasteiger partial charge in [-0.25, -0.2) is 0 Å². The lowest BCUT2D eigenvalue weighted by Gasteiger charge is -2.34. The summed E-state index contributed by atoms with van der Waals surface area (Å²) in [5.74, 6) is 0.675. The first-order valence-electron chi connectivity index (χ1n) is 8.04. The van der Waals surface area contributed by atoms with E-state index in [2.05, 4.69) is 17.6 Å². The Bertz CT molecular complexity index is 531. The summed E-state index contributed by atoms with van der Waals surface area (Å²) in [6, 6.07) is 5.11. The summed E-state index contributed by atoms with van der Waals surface area (Å²) >= 11 is 11.9. The van der Waals surface area contributed by atoms with E-state index in [-0.39, 0.29) is 11.3 Å². The maximum atomic E-state index is 11.9. The third kappa shape index (κ3) is 6.21. The number of hydrogen-bond acceptors (Lipinski definition) is 3. The molecule has 23 heavy (non-hydrogen) atoms. The van der Waals surface area contributed by atoms with E-state index in [1.807, 2.05) is 0 Å². The zero-order chi connectivity index (χ0) is 16.7. The normalized spacial score (nSPS) is 16.8. The first-order chi connectivity index (χ1) is 11.0. The number of ether oxygens (including phenoxy) is 1. The molecule has 0 unspecified atom stereocenters. The summed E-state index contributed by atoms with van der Waals surface area (Å²) < 4.78 is 5.58. The average Bonchev–Trinajstić information content (AvgIpc) is 2.52. The van der Waals surface area contributed by atoms with Crippen molar-refractivity contribution < 1.29 is 9.53 Å². The first-order valence-corrected chi connectivity index (χ1v) is 8.79. The van der Waals surface area contributed by atoms with Gasteiger partial charge >= 0.3 is 0 Å². The van der Waals surface area contributed by atoms with E-state index in [0.717, 1.165) is 32.5 Å². The van der Waals surface area contributed by atoms with Crippen LogP contribution in [0.1, 0.15) is 32.6 Å². The van der Waals surface area contributed by atoms with E-state index in [4.69, 9.17) is 27.9 Å². The SMILES string of the molecule is CC1(CNC(=O)CCCOc2ccc(Cl)cc2Cl)CCNCC1. The van der Waals surface area contributed by atoms with Gasteiger partial charge in [0.1, 0.15) is 5.75 Å². The van der Waals surface area contributed by atoms with E-state index in [1.54, 1.807) is 18.2 Å². The average molecular weight is 359 g/mol. The molecule has 1 aliphatic heterocycles. The maximum absolute atomic E-state index is 11.9. The molecule has 128 valence electrons. The van der Waals surface area contributed by atoms with Crippen molar-refractivity contribution in [2.75, 3.05) is 26.2 Å². The maximum Gasteiger partial charge on any atom is 0.220 e. The second-order valence-corrected chi connectivity index (χ2v) is 7.21. The van der Waals surface area contributed by atoms with Crippen molar-refractivity contribution in [3.8, 4) is 5.75 Å². The lowest BCUT2D eigenvalue weighted by molar-refractivity contribution is -0.121. The molecule has 4 nitrogen and oxygen atoms in total. The number of carbonyl (C=O) groups is 1. The van der Waals surface area contributed by atoms with Crippen molar-refractivity contribution in [1.82, 2.24) is 10.6 Å². The van der Waals surface area contributed by atoms with Gasteiger partial charge < -0.3 is 15.4 Å². The molecule has 1 saturated heterocycles. The van der Waals surface area contributed by atoms with Crippen LogP contribution in [-0.4, -0.2) is 32.1 Å². The number of carbonyl (C=O) groups excluding carboxylic acids is 1. The third-order valence-corrected chi connectivity index (χ3v) is 4.75. The van der Waals surface area contributed by atoms with Gasteiger partial charge in [-0.05, 0) is 56.0 Å². The minimum absolute atomic E-state index is 0.0792. The summed E-state index contributed by atoms with van der Waals surface area (Å²) in [5, 5.41) is 7.45. The van der Waals surface area contributed by atoms with E-state index in [9.17, 15) is 4.79 Å². The minimum Gasteiger partial charge on any atom is -0.492 e. The van der Waals surface area contributed by atoms with Crippen LogP contribution < -0.4 is 15.4 Å². The fourth-order valence-corrected chi connectivity index (χ4v) is 3.08. The van der Waals surface area contributed by atoms with Crippen molar-refractivity contribution in [1.29, 1.82) is 0 Å². The molecule has 6 heteroatoms. The Morgan fingerprint density at radius 3 is 2.78 bits per heavy atom. The highest BCUT2D eigenvalue weighted by molar-refractivity contribution is 6.35. The quantitative estimate of drug-likeness (QED) is 0.731. The molecule has 1 fully saturated rings. The number of piperidine rings is 1. The number of benzene rings is 1. The number of hydrogen-bond donors (Lipinski definition) is 2. The molecule has 0 saturated carbocycles. The van der Waals surface area contributed by atoms with Gasteiger partial charge in [-0.1, -0.05) is 30.1 Å². The van der Waals surface area contributed by atoms with E-state index >= 15 is 0 Å². The summed E-state index contributed by atoms with van der Waals surface area (Å²) in [6.07, 6.45) is 3.32. The van der Waals surface area contributed by atoms with E-state index < -0.39 is 0 Å². The topological polar surface area (TPSA) is 50.4 Å². The van der Waals surface area contributed by atoms with Crippen molar-refractivity contribution >= 4 is 29.1 Å². The molecule has 1 aromatic rings. The van der Waals surface area contributed by atoms with Crippen molar-refractivity contribution in [3.05, 3.63) is 28.2 Å². The second-order valence-electron chi connectivity index (χ2n) is 6.36. The standard InChI is InChI=1S/C17H24Cl2N2O2/c1-17(6-8-20-9-7-17)12-21-16(22)3-2-10-23-15-5-4-13(18)11-14(15)19/h4-5,11,20H,2-3,6-10,12H2,1H3,(H,21,22). The molecule has 0 radical (unpaired) electrons. The number of rotatable bonds is 7. The molecular formula is C17H24Cl2N2O2. The van der Waals surface area contributed by atoms with Crippen LogP contribution in [0.15, 0.2) is 18.2 Å². The highest BCUT2D eigenvalue weighted by Crippen LogP contribution is 2.28. The van der Waals surface area contributed by atoms with Crippen LogP contribution in [0, 0.1) is 5.41 Å². The van der Waals surface area contributed by atoms with Gasteiger partial charge in [-0.2, -0.15) is 0 Å². The van der Waals surface area contributed by atoms with Crippen molar-refractivity contribution in [3.63, 3.8) is 0 Å². The lowest BCUT2D eigenvalue weighted by Crippen LogP contribution is -2.42. The zero-order valence-corrected chi connectivity index (χ0v) is 15.0. The molecule has 0 aromatic heterocycles. The summed E-state index contributed by atoms with van der Waals surface area (Å²) in [7, 11) is 0. The molecule has 2 N–H and O–H groups in total. The highest BCUT2D eigenvalue weighted by Gasteiger charge is 2.26. The van der Waals surface area contributed by atoms with Crippen LogP contribution in [0.5, 0.6) is 5.75 Å². The Labute approximate surface area is 147 Å². The van der Waals surface area contributed by atoms with Gasteiger partial charge in [0, 0.05) is 18.0 Å². The van der Waals surface area contributed by atoms with Gasteiger partial charge in [-0.15, -0.1) is 0 Å². The minimum atomic E-state index is 0.0792. The zero-order valence-electron chi connectivity index (χ0n) is 13.5.